The number of carbonyl (C=O) groups is 1. The average molecular weight is 358 g/mol. The molecule has 0 saturated carbocycles. The van der Waals surface area contributed by atoms with E-state index in [0.29, 0.717) is 35.4 Å². The first-order chi connectivity index (χ1) is 12.3. The van der Waals surface area contributed by atoms with E-state index in [-0.39, 0.29) is 23.9 Å². The summed E-state index contributed by atoms with van der Waals surface area (Å²) >= 11 is 0. The van der Waals surface area contributed by atoms with Crippen LogP contribution >= 0.6 is 0 Å². The molecule has 3 N–H and O–H groups in total. The highest BCUT2D eigenvalue weighted by atomic mass is 16.2. The van der Waals surface area contributed by atoms with Gasteiger partial charge in [-0.1, -0.05) is 13.8 Å². The van der Waals surface area contributed by atoms with Crippen molar-refractivity contribution in [3.05, 3.63) is 40.1 Å². The maximum Gasteiger partial charge on any atom is 0.255 e. The second-order valence-electron chi connectivity index (χ2n) is 6.74. The fraction of sp³-hybridized carbons (Fsp3) is 0.500. The summed E-state index contributed by atoms with van der Waals surface area (Å²) in [6.07, 6.45) is 3.87. The van der Waals surface area contributed by atoms with Crippen LogP contribution in [-0.4, -0.2) is 50.4 Å². The maximum absolute atomic E-state index is 12.4. The van der Waals surface area contributed by atoms with E-state index in [1.165, 1.54) is 0 Å². The number of likely N-dealkylation sites (N-methyl/N-ethyl adjacent to an activating group) is 1. The fourth-order valence-electron chi connectivity index (χ4n) is 2.43. The van der Waals surface area contributed by atoms with E-state index in [9.17, 15) is 9.59 Å². The quantitative estimate of drug-likeness (QED) is 0.759. The molecule has 2 aromatic heterocycles. The van der Waals surface area contributed by atoms with Crippen molar-refractivity contribution < 1.29 is 4.79 Å². The smallest absolute Gasteiger partial charge is 0.255 e. The molecule has 2 rings (SSSR count). The van der Waals surface area contributed by atoms with E-state index in [0.717, 1.165) is 6.42 Å². The number of aryl methyl sites for hydroxylation is 1. The number of nitrogens with two attached hydrogens (primary N) is 1. The minimum absolute atomic E-state index is 0.00247. The first kappa shape index (κ1) is 19.7. The molecule has 0 aliphatic rings. The van der Waals surface area contributed by atoms with Gasteiger partial charge in [0.15, 0.2) is 11.6 Å². The monoisotopic (exact) mass is 358 g/mol. The van der Waals surface area contributed by atoms with Gasteiger partial charge in [-0.25, -0.2) is 15.0 Å². The highest BCUT2D eigenvalue weighted by Crippen LogP contribution is 2.10. The lowest BCUT2D eigenvalue weighted by Crippen LogP contribution is -2.36. The van der Waals surface area contributed by atoms with E-state index >= 15 is 0 Å². The summed E-state index contributed by atoms with van der Waals surface area (Å²) in [6, 6.07) is 1.73. The number of hydrogen-bond acceptors (Lipinski definition) is 6. The molecular formula is C18H26N6O2. The average Bonchev–Trinajstić information content (AvgIpc) is 2.62. The lowest BCUT2D eigenvalue weighted by molar-refractivity contribution is -0.129. The van der Waals surface area contributed by atoms with Crippen molar-refractivity contribution in [3.63, 3.8) is 0 Å². The molecule has 1 unspecified atom stereocenters. The van der Waals surface area contributed by atoms with Crippen molar-refractivity contribution in [2.45, 2.75) is 39.7 Å². The molecule has 0 radical (unpaired) electrons. The van der Waals surface area contributed by atoms with Gasteiger partial charge in [-0.05, 0) is 25.3 Å². The predicted octanol–water partition coefficient (Wildman–Crippen LogP) is 0.910. The summed E-state index contributed by atoms with van der Waals surface area (Å²) in [5, 5.41) is 0. The maximum atomic E-state index is 12.4. The number of amides is 1. The van der Waals surface area contributed by atoms with Crippen LogP contribution in [0.25, 0.3) is 11.6 Å². The highest BCUT2D eigenvalue weighted by Gasteiger charge is 2.18. The van der Waals surface area contributed by atoms with Crippen LogP contribution < -0.4 is 11.3 Å². The molecule has 8 nitrogen and oxygen atoms in total. The van der Waals surface area contributed by atoms with Gasteiger partial charge in [0, 0.05) is 43.3 Å². The van der Waals surface area contributed by atoms with Gasteiger partial charge in [0.25, 0.3) is 5.56 Å². The number of H-pyrrole nitrogens is 1. The number of aromatic amines is 1. The van der Waals surface area contributed by atoms with Gasteiger partial charge >= 0.3 is 0 Å². The van der Waals surface area contributed by atoms with Crippen LogP contribution in [0.4, 0.5) is 0 Å². The summed E-state index contributed by atoms with van der Waals surface area (Å²) in [7, 11) is 1.72. The van der Waals surface area contributed by atoms with Crippen LogP contribution in [0.15, 0.2) is 23.3 Å². The van der Waals surface area contributed by atoms with Crippen LogP contribution in [0, 0.1) is 12.8 Å². The Balaban J connectivity index is 2.09. The van der Waals surface area contributed by atoms with E-state index in [1.54, 1.807) is 37.3 Å². The molecule has 0 bridgehead atoms. The number of rotatable bonds is 7. The Labute approximate surface area is 152 Å². The Hall–Kier alpha value is -2.61. The number of aromatic nitrogens is 4. The minimum atomic E-state index is -0.347. The highest BCUT2D eigenvalue weighted by molar-refractivity contribution is 5.78. The summed E-state index contributed by atoms with van der Waals surface area (Å²) in [5.41, 5.74) is 6.53. The fourth-order valence-corrected chi connectivity index (χ4v) is 2.43. The van der Waals surface area contributed by atoms with Gasteiger partial charge in [0.2, 0.25) is 5.91 Å². The summed E-state index contributed by atoms with van der Waals surface area (Å²) < 4.78 is 0. The van der Waals surface area contributed by atoms with Crippen molar-refractivity contribution >= 4 is 5.91 Å². The molecule has 26 heavy (non-hydrogen) atoms. The zero-order valence-corrected chi connectivity index (χ0v) is 15.7. The second-order valence-corrected chi connectivity index (χ2v) is 6.74. The first-order valence-electron chi connectivity index (χ1n) is 8.66. The minimum Gasteiger partial charge on any atom is -0.345 e. The van der Waals surface area contributed by atoms with Crippen LogP contribution in [0.2, 0.25) is 0 Å². The van der Waals surface area contributed by atoms with Crippen LogP contribution in [0.5, 0.6) is 0 Å². The normalized spacial score (nSPS) is 12.2. The predicted molar refractivity (Wildman–Crippen MR) is 99.4 cm³/mol. The molecular weight excluding hydrogens is 332 g/mol. The number of nitrogens with zero attached hydrogens (tertiary/aromatic N) is 4. The molecule has 2 aromatic rings. The van der Waals surface area contributed by atoms with Gasteiger partial charge in [0.05, 0.1) is 6.42 Å². The largest absolute Gasteiger partial charge is 0.345 e. The topological polar surface area (TPSA) is 118 Å². The molecule has 0 aliphatic carbocycles. The number of hydrogen-bond donors (Lipinski definition) is 2. The molecule has 0 saturated heterocycles. The van der Waals surface area contributed by atoms with Gasteiger partial charge in [0.1, 0.15) is 0 Å². The molecule has 1 amide bonds. The van der Waals surface area contributed by atoms with Gasteiger partial charge in [-0.2, -0.15) is 0 Å². The number of carbonyl (C=O) groups excluding carboxylic acids is 1. The summed E-state index contributed by atoms with van der Waals surface area (Å²) in [5.74, 6) is 0.853. The molecule has 1 atom stereocenters. The van der Waals surface area contributed by atoms with Crippen molar-refractivity contribution in [2.24, 2.45) is 11.7 Å². The van der Waals surface area contributed by atoms with Gasteiger partial charge in [-0.15, -0.1) is 0 Å². The van der Waals surface area contributed by atoms with Crippen molar-refractivity contribution in [1.29, 1.82) is 0 Å². The van der Waals surface area contributed by atoms with Gasteiger partial charge < -0.3 is 15.6 Å². The Bertz CT molecular complexity index is 803. The molecule has 140 valence electrons. The van der Waals surface area contributed by atoms with Crippen molar-refractivity contribution in [2.75, 3.05) is 13.6 Å². The SMILES string of the molecule is Cc1nc(-c2ncccn2)[nH]c(=O)c1CC(=O)N(C)CCC(N)C(C)C. The van der Waals surface area contributed by atoms with E-state index in [1.807, 2.05) is 0 Å². The summed E-state index contributed by atoms with van der Waals surface area (Å²) in [4.78, 5) is 41.6. The molecule has 0 fully saturated rings. The molecule has 0 spiro atoms. The van der Waals surface area contributed by atoms with Crippen LogP contribution in [0.3, 0.4) is 0 Å². The molecule has 8 heteroatoms. The third-order valence-electron chi connectivity index (χ3n) is 4.41. The molecule has 2 heterocycles. The third-order valence-corrected chi connectivity index (χ3v) is 4.41. The molecule has 0 aliphatic heterocycles. The zero-order chi connectivity index (χ0) is 19.3. The van der Waals surface area contributed by atoms with Crippen molar-refractivity contribution in [1.82, 2.24) is 24.8 Å². The molecule has 0 aromatic carbocycles. The van der Waals surface area contributed by atoms with Crippen LogP contribution in [0.1, 0.15) is 31.5 Å². The van der Waals surface area contributed by atoms with E-state index in [2.05, 4.69) is 33.8 Å². The van der Waals surface area contributed by atoms with E-state index < -0.39 is 0 Å². The Morgan fingerprint density at radius 1 is 1.31 bits per heavy atom. The number of nitrogens with one attached hydrogen (secondary N) is 1. The lowest BCUT2D eigenvalue weighted by atomic mass is 10.0. The first-order valence-corrected chi connectivity index (χ1v) is 8.66. The standard InChI is InChI=1S/C18H26N6O2/c1-11(2)14(19)6-9-24(4)15(25)10-13-12(3)22-17(23-18(13)26)16-20-7-5-8-21-16/h5,7-8,11,14H,6,9-10,19H2,1-4H3,(H,22,23,26). The zero-order valence-electron chi connectivity index (χ0n) is 15.7. The lowest BCUT2D eigenvalue weighted by Gasteiger charge is -2.21. The Morgan fingerprint density at radius 3 is 2.54 bits per heavy atom. The Kier molecular flexibility index (Phi) is 6.57. The van der Waals surface area contributed by atoms with Gasteiger partial charge in [-0.3, -0.25) is 9.59 Å². The summed E-state index contributed by atoms with van der Waals surface area (Å²) in [6.45, 7) is 6.37. The second kappa shape index (κ2) is 8.66. The third kappa shape index (κ3) is 4.95. The van der Waals surface area contributed by atoms with Crippen LogP contribution in [-0.2, 0) is 11.2 Å². The van der Waals surface area contributed by atoms with Crippen molar-refractivity contribution in [3.8, 4) is 11.6 Å². The Morgan fingerprint density at radius 2 is 1.96 bits per heavy atom. The van der Waals surface area contributed by atoms with E-state index in [4.69, 9.17) is 5.73 Å².